The molecule has 0 saturated carbocycles. The van der Waals surface area contributed by atoms with Gasteiger partial charge in [0, 0.05) is 6.54 Å². The number of nitrogens with one attached hydrogen (secondary N) is 1. The predicted octanol–water partition coefficient (Wildman–Crippen LogP) is -0.205. The fourth-order valence-corrected chi connectivity index (χ4v) is 1.65. The number of amides is 1. The lowest BCUT2D eigenvalue weighted by Crippen LogP contribution is -2.34. The summed E-state index contributed by atoms with van der Waals surface area (Å²) in [6.07, 6.45) is -1.01. The van der Waals surface area contributed by atoms with Gasteiger partial charge < -0.3 is 29.7 Å². The van der Waals surface area contributed by atoms with Crippen LogP contribution in [0.1, 0.15) is 10.4 Å². The summed E-state index contributed by atoms with van der Waals surface area (Å²) in [6.45, 7) is -0.490. The Morgan fingerprint density at radius 2 is 1.85 bits per heavy atom. The number of rotatable bonds is 7. The summed E-state index contributed by atoms with van der Waals surface area (Å²) in [6, 6.07) is 3.11. The van der Waals surface area contributed by atoms with Crippen LogP contribution in [0.4, 0.5) is 0 Å². The van der Waals surface area contributed by atoms with Crippen molar-refractivity contribution in [3.63, 3.8) is 0 Å². The zero-order chi connectivity index (χ0) is 15.1. The maximum atomic E-state index is 12.0. The molecule has 0 aromatic heterocycles. The van der Waals surface area contributed by atoms with Crippen LogP contribution < -0.4 is 19.5 Å². The van der Waals surface area contributed by atoms with Gasteiger partial charge in [-0.1, -0.05) is 0 Å². The molecular formula is C13H19NO6. The fraction of sp³-hybridized carbons (Fsp3) is 0.462. The van der Waals surface area contributed by atoms with Gasteiger partial charge in [-0.25, -0.2) is 0 Å². The van der Waals surface area contributed by atoms with E-state index in [1.165, 1.54) is 27.4 Å². The van der Waals surface area contributed by atoms with E-state index >= 15 is 0 Å². The molecule has 1 rings (SSSR count). The second-order valence-corrected chi connectivity index (χ2v) is 3.93. The van der Waals surface area contributed by atoms with E-state index in [0.717, 1.165) is 0 Å². The molecular weight excluding hydrogens is 266 g/mol. The minimum absolute atomic E-state index is 0.0627. The molecule has 0 fully saturated rings. The van der Waals surface area contributed by atoms with Crippen molar-refractivity contribution in [1.82, 2.24) is 5.32 Å². The molecule has 20 heavy (non-hydrogen) atoms. The van der Waals surface area contributed by atoms with Gasteiger partial charge in [-0.15, -0.1) is 0 Å². The van der Waals surface area contributed by atoms with Crippen LogP contribution >= 0.6 is 0 Å². The quantitative estimate of drug-likeness (QED) is 0.641. The highest BCUT2D eigenvalue weighted by Gasteiger charge is 2.20. The normalized spacial score (nSPS) is 11.7. The lowest BCUT2D eigenvalue weighted by molar-refractivity contribution is 0.0799. The molecule has 0 spiro atoms. The molecule has 0 aliphatic rings. The maximum Gasteiger partial charge on any atom is 0.255 e. The van der Waals surface area contributed by atoms with Gasteiger partial charge >= 0.3 is 0 Å². The highest BCUT2D eigenvalue weighted by molar-refractivity contribution is 5.98. The summed E-state index contributed by atoms with van der Waals surface area (Å²) in [4.78, 5) is 12.0. The number of aliphatic hydroxyl groups excluding tert-OH is 2. The van der Waals surface area contributed by atoms with Crippen LogP contribution in [0.25, 0.3) is 0 Å². The number of hydrogen-bond acceptors (Lipinski definition) is 6. The SMILES string of the molecule is COc1ccc(C(=O)NCC(O)CO)c(OC)c1OC. The maximum absolute atomic E-state index is 12.0. The average molecular weight is 285 g/mol. The van der Waals surface area contributed by atoms with Crippen molar-refractivity contribution in [2.24, 2.45) is 0 Å². The first-order chi connectivity index (χ1) is 9.58. The highest BCUT2D eigenvalue weighted by Crippen LogP contribution is 2.39. The van der Waals surface area contributed by atoms with Gasteiger partial charge in [0.1, 0.15) is 0 Å². The number of aliphatic hydroxyl groups is 2. The molecule has 3 N–H and O–H groups in total. The molecule has 7 nitrogen and oxygen atoms in total. The average Bonchev–Trinajstić information content (AvgIpc) is 2.50. The van der Waals surface area contributed by atoms with Gasteiger partial charge in [-0.05, 0) is 12.1 Å². The third kappa shape index (κ3) is 3.52. The van der Waals surface area contributed by atoms with Gasteiger partial charge in [0.05, 0.1) is 39.6 Å². The van der Waals surface area contributed by atoms with E-state index in [0.29, 0.717) is 11.5 Å². The number of benzene rings is 1. The third-order valence-corrected chi connectivity index (χ3v) is 2.66. The van der Waals surface area contributed by atoms with Crippen LogP contribution in [0.3, 0.4) is 0 Å². The Morgan fingerprint density at radius 1 is 1.20 bits per heavy atom. The van der Waals surface area contributed by atoms with Gasteiger partial charge in [0.2, 0.25) is 5.75 Å². The zero-order valence-electron chi connectivity index (χ0n) is 11.7. The van der Waals surface area contributed by atoms with Crippen molar-refractivity contribution >= 4 is 5.91 Å². The molecule has 7 heteroatoms. The Morgan fingerprint density at radius 3 is 2.35 bits per heavy atom. The predicted molar refractivity (Wildman–Crippen MR) is 71.5 cm³/mol. The van der Waals surface area contributed by atoms with Gasteiger partial charge in [-0.3, -0.25) is 4.79 Å². The number of hydrogen-bond donors (Lipinski definition) is 3. The van der Waals surface area contributed by atoms with Crippen LogP contribution in [0.5, 0.6) is 17.2 Å². The van der Waals surface area contributed by atoms with Crippen molar-refractivity contribution in [2.45, 2.75) is 6.10 Å². The number of carbonyl (C=O) groups excluding carboxylic acids is 1. The molecule has 0 bridgehead atoms. The van der Waals surface area contributed by atoms with E-state index in [1.54, 1.807) is 6.07 Å². The summed E-state index contributed by atoms with van der Waals surface area (Å²) in [5, 5.41) is 20.4. The molecule has 1 aromatic carbocycles. The number of methoxy groups -OCH3 is 3. The molecule has 0 radical (unpaired) electrons. The molecule has 112 valence electrons. The van der Waals surface area contributed by atoms with Crippen molar-refractivity contribution in [1.29, 1.82) is 0 Å². The molecule has 1 amide bonds. The Balaban J connectivity index is 3.02. The van der Waals surface area contributed by atoms with Crippen molar-refractivity contribution < 1.29 is 29.2 Å². The van der Waals surface area contributed by atoms with E-state index in [1.807, 2.05) is 0 Å². The fourth-order valence-electron chi connectivity index (χ4n) is 1.65. The summed E-state index contributed by atoms with van der Waals surface area (Å²) < 4.78 is 15.5. The Hall–Kier alpha value is -1.99. The minimum Gasteiger partial charge on any atom is -0.493 e. The van der Waals surface area contributed by atoms with E-state index in [-0.39, 0.29) is 17.9 Å². The van der Waals surface area contributed by atoms with Crippen LogP contribution in [0, 0.1) is 0 Å². The van der Waals surface area contributed by atoms with E-state index in [2.05, 4.69) is 5.32 Å². The summed E-state index contributed by atoms with van der Waals surface area (Å²) >= 11 is 0. The van der Waals surface area contributed by atoms with E-state index in [9.17, 15) is 9.90 Å². The van der Waals surface area contributed by atoms with Crippen LogP contribution in [0.2, 0.25) is 0 Å². The number of carbonyl (C=O) groups is 1. The molecule has 0 heterocycles. The van der Waals surface area contributed by atoms with Crippen molar-refractivity contribution in [2.75, 3.05) is 34.5 Å². The second kappa shape index (κ2) is 7.56. The highest BCUT2D eigenvalue weighted by atomic mass is 16.5. The second-order valence-electron chi connectivity index (χ2n) is 3.93. The summed E-state index contributed by atoms with van der Waals surface area (Å²) in [5.74, 6) is 0.541. The molecule has 1 atom stereocenters. The largest absolute Gasteiger partial charge is 0.493 e. The molecule has 1 aromatic rings. The van der Waals surface area contributed by atoms with Gasteiger partial charge in [0.15, 0.2) is 11.5 Å². The first-order valence-corrected chi connectivity index (χ1v) is 5.95. The van der Waals surface area contributed by atoms with Crippen LogP contribution in [0.15, 0.2) is 12.1 Å². The monoisotopic (exact) mass is 285 g/mol. The smallest absolute Gasteiger partial charge is 0.255 e. The lowest BCUT2D eigenvalue weighted by Gasteiger charge is -2.16. The molecule has 0 saturated heterocycles. The molecule has 1 unspecified atom stereocenters. The first kappa shape index (κ1) is 16.1. The summed E-state index contributed by atoms with van der Waals surface area (Å²) in [7, 11) is 4.34. The lowest BCUT2D eigenvalue weighted by atomic mass is 10.1. The van der Waals surface area contributed by atoms with E-state index in [4.69, 9.17) is 19.3 Å². The first-order valence-electron chi connectivity index (χ1n) is 5.95. The standard InChI is InChI=1S/C13H19NO6/c1-18-10-5-4-9(11(19-2)12(10)20-3)13(17)14-6-8(16)7-15/h4-5,8,15-16H,6-7H2,1-3H3,(H,14,17). The van der Waals surface area contributed by atoms with Gasteiger partial charge in [0.25, 0.3) is 5.91 Å². The summed E-state index contributed by atoms with van der Waals surface area (Å²) in [5.41, 5.74) is 0.246. The van der Waals surface area contributed by atoms with Crippen LogP contribution in [-0.4, -0.2) is 56.7 Å². The molecule has 0 aliphatic carbocycles. The van der Waals surface area contributed by atoms with Crippen molar-refractivity contribution in [3.8, 4) is 17.2 Å². The Bertz CT molecular complexity index is 462. The topological polar surface area (TPSA) is 97.3 Å². The van der Waals surface area contributed by atoms with Crippen molar-refractivity contribution in [3.05, 3.63) is 17.7 Å². The minimum atomic E-state index is -1.01. The Labute approximate surface area is 117 Å². The van der Waals surface area contributed by atoms with Gasteiger partial charge in [-0.2, -0.15) is 0 Å². The Kier molecular flexibility index (Phi) is 6.08. The zero-order valence-corrected chi connectivity index (χ0v) is 11.7. The van der Waals surface area contributed by atoms with Crippen LogP contribution in [-0.2, 0) is 0 Å². The number of ether oxygens (including phenoxy) is 3. The molecule has 0 aliphatic heterocycles. The van der Waals surface area contributed by atoms with E-state index < -0.39 is 18.6 Å². The third-order valence-electron chi connectivity index (χ3n) is 2.66.